The van der Waals surface area contributed by atoms with Crippen LogP contribution in [0.15, 0.2) is 42.7 Å². The Bertz CT molecular complexity index is 684. The van der Waals surface area contributed by atoms with Gasteiger partial charge in [-0.05, 0) is 18.2 Å². The molecule has 2 rings (SSSR count). The summed E-state index contributed by atoms with van der Waals surface area (Å²) in [6.07, 6.45) is 2.91. The van der Waals surface area contributed by atoms with Gasteiger partial charge in [-0.2, -0.15) is 4.57 Å². The van der Waals surface area contributed by atoms with Gasteiger partial charge in [0.05, 0.1) is 0 Å². The number of carbonyl (C=O) groups is 2. The summed E-state index contributed by atoms with van der Waals surface area (Å²) in [5.41, 5.74) is 4.84. The number of halogens is 2. The number of carbonyl (C=O) groups excluding carboxylic acids is 2. The number of nitrogens with two attached hydrogens (primary N) is 1. The summed E-state index contributed by atoms with van der Waals surface area (Å²) in [4.78, 5) is 22.8. The molecular weight excluding hydrogens is 280 g/mol. The van der Waals surface area contributed by atoms with Crippen LogP contribution in [-0.2, 0) is 11.3 Å². The SMILES string of the molecule is NC(=O)c1ccc[n+](CC(=O)Nc2c(F)cccc2F)c1. The maximum Gasteiger partial charge on any atom is 0.290 e. The summed E-state index contributed by atoms with van der Waals surface area (Å²) in [7, 11) is 0. The predicted octanol–water partition coefficient (Wildman–Crippen LogP) is 0.990. The van der Waals surface area contributed by atoms with E-state index in [-0.39, 0.29) is 12.1 Å². The number of hydrogen-bond donors (Lipinski definition) is 2. The molecule has 0 aliphatic carbocycles. The number of nitrogens with zero attached hydrogens (tertiary/aromatic N) is 1. The van der Waals surface area contributed by atoms with Crippen LogP contribution in [0.25, 0.3) is 0 Å². The second kappa shape index (κ2) is 6.08. The minimum atomic E-state index is -0.862. The maximum absolute atomic E-state index is 13.4. The Morgan fingerprint density at radius 3 is 2.43 bits per heavy atom. The third-order valence-electron chi connectivity index (χ3n) is 2.70. The molecule has 0 saturated carbocycles. The maximum atomic E-state index is 13.4. The van der Waals surface area contributed by atoms with Crippen molar-refractivity contribution in [3.8, 4) is 0 Å². The van der Waals surface area contributed by atoms with Crippen LogP contribution in [0, 0.1) is 11.6 Å². The number of aromatic nitrogens is 1. The van der Waals surface area contributed by atoms with E-state index < -0.39 is 29.1 Å². The Morgan fingerprint density at radius 1 is 1.14 bits per heavy atom. The second-order valence-electron chi connectivity index (χ2n) is 4.27. The highest BCUT2D eigenvalue weighted by molar-refractivity contribution is 5.92. The molecule has 21 heavy (non-hydrogen) atoms. The van der Waals surface area contributed by atoms with Crippen LogP contribution in [0.5, 0.6) is 0 Å². The number of benzene rings is 1. The van der Waals surface area contributed by atoms with Crippen LogP contribution in [-0.4, -0.2) is 11.8 Å². The van der Waals surface area contributed by atoms with Crippen molar-refractivity contribution >= 4 is 17.5 Å². The molecule has 3 N–H and O–H groups in total. The van der Waals surface area contributed by atoms with Crippen molar-refractivity contribution in [3.63, 3.8) is 0 Å². The molecule has 1 heterocycles. The third kappa shape index (κ3) is 3.59. The van der Waals surface area contributed by atoms with Crippen molar-refractivity contribution in [1.29, 1.82) is 0 Å². The quantitative estimate of drug-likeness (QED) is 0.825. The number of hydrogen-bond acceptors (Lipinski definition) is 2. The van der Waals surface area contributed by atoms with Crippen molar-refractivity contribution in [2.75, 3.05) is 5.32 Å². The molecule has 1 aromatic carbocycles. The highest BCUT2D eigenvalue weighted by Crippen LogP contribution is 2.17. The van der Waals surface area contributed by atoms with Crippen LogP contribution in [0.1, 0.15) is 10.4 Å². The van der Waals surface area contributed by atoms with Crippen molar-refractivity contribution < 1.29 is 22.9 Å². The zero-order valence-electron chi connectivity index (χ0n) is 10.8. The zero-order chi connectivity index (χ0) is 15.4. The minimum Gasteiger partial charge on any atom is -0.365 e. The summed E-state index contributed by atoms with van der Waals surface area (Å²) in [6.45, 7) is -0.213. The molecule has 5 nitrogen and oxygen atoms in total. The fourth-order valence-electron chi connectivity index (χ4n) is 1.73. The van der Waals surface area contributed by atoms with Crippen LogP contribution >= 0.6 is 0 Å². The first-order valence-electron chi connectivity index (χ1n) is 6.00. The number of pyridine rings is 1. The lowest BCUT2D eigenvalue weighted by Gasteiger charge is -2.05. The average molecular weight is 292 g/mol. The smallest absolute Gasteiger partial charge is 0.290 e. The molecule has 2 amide bonds. The van der Waals surface area contributed by atoms with Gasteiger partial charge in [0.1, 0.15) is 22.9 Å². The van der Waals surface area contributed by atoms with Gasteiger partial charge in [0.25, 0.3) is 11.8 Å². The van der Waals surface area contributed by atoms with Gasteiger partial charge in [-0.25, -0.2) is 8.78 Å². The van der Waals surface area contributed by atoms with E-state index in [9.17, 15) is 18.4 Å². The van der Waals surface area contributed by atoms with E-state index in [0.29, 0.717) is 0 Å². The van der Waals surface area contributed by atoms with E-state index >= 15 is 0 Å². The summed E-state index contributed by atoms with van der Waals surface area (Å²) in [5, 5.41) is 2.15. The monoisotopic (exact) mass is 292 g/mol. The molecule has 0 aliphatic heterocycles. The van der Waals surface area contributed by atoms with E-state index in [1.54, 1.807) is 0 Å². The minimum absolute atomic E-state index is 0.213. The fraction of sp³-hybridized carbons (Fsp3) is 0.0714. The van der Waals surface area contributed by atoms with Crippen LogP contribution < -0.4 is 15.6 Å². The first kappa shape index (κ1) is 14.6. The Labute approximate surface area is 119 Å². The molecule has 2 aromatic rings. The summed E-state index contributed by atoms with van der Waals surface area (Å²) in [5.74, 6) is -2.99. The Hall–Kier alpha value is -2.83. The van der Waals surface area contributed by atoms with E-state index in [4.69, 9.17) is 5.73 Å². The Balaban J connectivity index is 2.12. The molecular formula is C14H12F2N3O2+. The normalized spacial score (nSPS) is 10.2. The molecule has 0 saturated heterocycles. The van der Waals surface area contributed by atoms with Crippen molar-refractivity contribution in [3.05, 3.63) is 59.9 Å². The summed E-state index contributed by atoms with van der Waals surface area (Å²) < 4.78 is 28.2. The zero-order valence-corrected chi connectivity index (χ0v) is 10.8. The lowest BCUT2D eigenvalue weighted by Crippen LogP contribution is -2.40. The van der Waals surface area contributed by atoms with Gasteiger partial charge in [-0.1, -0.05) is 6.07 Å². The van der Waals surface area contributed by atoms with E-state index in [0.717, 1.165) is 12.1 Å². The summed E-state index contributed by atoms with van der Waals surface area (Å²) in [6, 6.07) is 6.31. The first-order chi connectivity index (χ1) is 9.97. The average Bonchev–Trinajstić information content (AvgIpc) is 2.43. The van der Waals surface area contributed by atoms with Gasteiger partial charge in [-0.15, -0.1) is 0 Å². The topological polar surface area (TPSA) is 76.1 Å². The molecule has 0 radical (unpaired) electrons. The van der Waals surface area contributed by atoms with Crippen molar-refractivity contribution in [1.82, 2.24) is 0 Å². The van der Waals surface area contributed by atoms with E-state index in [1.807, 2.05) is 0 Å². The Morgan fingerprint density at radius 2 is 1.81 bits per heavy atom. The second-order valence-corrected chi connectivity index (χ2v) is 4.27. The van der Waals surface area contributed by atoms with Crippen LogP contribution in [0.3, 0.4) is 0 Å². The highest BCUT2D eigenvalue weighted by atomic mass is 19.1. The highest BCUT2D eigenvalue weighted by Gasteiger charge is 2.16. The van der Waals surface area contributed by atoms with Crippen LogP contribution in [0.4, 0.5) is 14.5 Å². The van der Waals surface area contributed by atoms with E-state index in [1.165, 1.54) is 35.2 Å². The molecule has 1 aromatic heterocycles. The third-order valence-corrected chi connectivity index (χ3v) is 2.70. The van der Waals surface area contributed by atoms with Crippen molar-refractivity contribution in [2.24, 2.45) is 5.73 Å². The number of para-hydroxylation sites is 1. The number of nitrogens with one attached hydrogen (secondary N) is 1. The number of amides is 2. The van der Waals surface area contributed by atoms with Gasteiger partial charge in [0.15, 0.2) is 12.4 Å². The number of rotatable bonds is 4. The molecule has 7 heteroatoms. The molecule has 0 fully saturated rings. The molecule has 108 valence electrons. The first-order valence-corrected chi connectivity index (χ1v) is 6.00. The predicted molar refractivity (Wildman–Crippen MR) is 70.1 cm³/mol. The molecule has 0 unspecified atom stereocenters. The lowest BCUT2D eigenvalue weighted by molar-refractivity contribution is -0.684. The van der Waals surface area contributed by atoms with Crippen LogP contribution in [0.2, 0.25) is 0 Å². The number of primary amides is 1. The molecule has 0 atom stereocenters. The van der Waals surface area contributed by atoms with Gasteiger partial charge in [0.2, 0.25) is 6.54 Å². The van der Waals surface area contributed by atoms with Crippen molar-refractivity contribution in [2.45, 2.75) is 6.54 Å². The molecule has 0 bridgehead atoms. The lowest BCUT2D eigenvalue weighted by atomic mass is 10.2. The van der Waals surface area contributed by atoms with Gasteiger partial charge < -0.3 is 11.1 Å². The summed E-state index contributed by atoms with van der Waals surface area (Å²) >= 11 is 0. The Kier molecular flexibility index (Phi) is 4.22. The van der Waals surface area contributed by atoms with Gasteiger partial charge in [-0.3, -0.25) is 9.59 Å². The standard InChI is InChI=1S/C14H11F2N3O2/c15-10-4-1-5-11(16)13(10)18-12(20)8-19-6-2-3-9(7-19)14(17)21/h1-7H,8H2,(H2-,17,18,20,21)/p+1. The fourth-order valence-corrected chi connectivity index (χ4v) is 1.73. The van der Waals surface area contributed by atoms with E-state index in [2.05, 4.69) is 5.32 Å². The molecule has 0 aliphatic rings. The largest absolute Gasteiger partial charge is 0.365 e. The van der Waals surface area contributed by atoms with Gasteiger partial charge in [0, 0.05) is 6.07 Å². The van der Waals surface area contributed by atoms with Gasteiger partial charge >= 0.3 is 0 Å². The molecule has 0 spiro atoms. The number of anilines is 1.